The van der Waals surface area contributed by atoms with Gasteiger partial charge in [-0.1, -0.05) is 12.1 Å². The maximum absolute atomic E-state index is 5.56. The molecule has 0 unspecified atom stereocenters. The molecule has 0 aliphatic carbocycles. The van der Waals surface area contributed by atoms with E-state index in [-0.39, 0.29) is 0 Å². The lowest BCUT2D eigenvalue weighted by molar-refractivity contribution is 0.379. The molecule has 0 saturated heterocycles. The lowest BCUT2D eigenvalue weighted by Gasteiger charge is -2.08. The van der Waals surface area contributed by atoms with Crippen molar-refractivity contribution in [3.63, 3.8) is 0 Å². The fourth-order valence-corrected chi connectivity index (χ4v) is 1.86. The number of rotatable bonds is 4. The molecule has 4 nitrogen and oxygen atoms in total. The zero-order valence-corrected chi connectivity index (χ0v) is 10.2. The SMILES string of the molecule is COc1c(CCN)cnn1-c1cccc(C)c1. The smallest absolute Gasteiger partial charge is 0.219 e. The van der Waals surface area contributed by atoms with Gasteiger partial charge in [0.25, 0.3) is 0 Å². The van der Waals surface area contributed by atoms with Crippen LogP contribution in [0.2, 0.25) is 0 Å². The summed E-state index contributed by atoms with van der Waals surface area (Å²) in [7, 11) is 1.66. The number of methoxy groups -OCH3 is 1. The van der Waals surface area contributed by atoms with E-state index in [0.29, 0.717) is 6.54 Å². The quantitative estimate of drug-likeness (QED) is 0.871. The Morgan fingerprint density at radius 2 is 2.24 bits per heavy atom. The number of hydrogen-bond donors (Lipinski definition) is 1. The van der Waals surface area contributed by atoms with Gasteiger partial charge in [-0.3, -0.25) is 0 Å². The van der Waals surface area contributed by atoms with Crippen molar-refractivity contribution in [1.82, 2.24) is 9.78 Å². The fourth-order valence-electron chi connectivity index (χ4n) is 1.86. The second-order valence-electron chi connectivity index (χ2n) is 3.97. The van der Waals surface area contributed by atoms with Crippen molar-refractivity contribution < 1.29 is 4.74 Å². The van der Waals surface area contributed by atoms with Gasteiger partial charge in [-0.15, -0.1) is 0 Å². The average Bonchev–Trinajstić information content (AvgIpc) is 2.72. The van der Waals surface area contributed by atoms with Crippen molar-refractivity contribution >= 4 is 0 Å². The predicted octanol–water partition coefficient (Wildman–Crippen LogP) is 1.69. The number of nitrogens with two attached hydrogens (primary N) is 1. The normalized spacial score (nSPS) is 10.5. The summed E-state index contributed by atoms with van der Waals surface area (Å²) in [6.45, 7) is 2.65. The van der Waals surface area contributed by atoms with Crippen molar-refractivity contribution in [2.75, 3.05) is 13.7 Å². The van der Waals surface area contributed by atoms with Crippen LogP contribution in [0.5, 0.6) is 5.88 Å². The highest BCUT2D eigenvalue weighted by atomic mass is 16.5. The van der Waals surface area contributed by atoms with E-state index in [0.717, 1.165) is 23.6 Å². The van der Waals surface area contributed by atoms with Crippen LogP contribution in [0.4, 0.5) is 0 Å². The van der Waals surface area contributed by atoms with E-state index in [4.69, 9.17) is 10.5 Å². The molecule has 4 heteroatoms. The van der Waals surface area contributed by atoms with Gasteiger partial charge in [0, 0.05) is 5.56 Å². The third kappa shape index (κ3) is 2.31. The van der Waals surface area contributed by atoms with Gasteiger partial charge in [-0.25, -0.2) is 4.68 Å². The van der Waals surface area contributed by atoms with E-state index in [9.17, 15) is 0 Å². The number of nitrogens with zero attached hydrogens (tertiary/aromatic N) is 2. The second kappa shape index (κ2) is 5.01. The summed E-state index contributed by atoms with van der Waals surface area (Å²) in [5.74, 6) is 0.765. The Morgan fingerprint density at radius 1 is 1.41 bits per heavy atom. The molecule has 1 heterocycles. The first kappa shape index (κ1) is 11.7. The zero-order valence-electron chi connectivity index (χ0n) is 10.2. The molecule has 90 valence electrons. The highest BCUT2D eigenvalue weighted by Gasteiger charge is 2.11. The Bertz CT molecular complexity index is 505. The second-order valence-corrected chi connectivity index (χ2v) is 3.97. The number of ether oxygens (including phenoxy) is 1. The third-order valence-electron chi connectivity index (χ3n) is 2.65. The van der Waals surface area contributed by atoms with Crippen LogP contribution in [0.1, 0.15) is 11.1 Å². The molecule has 17 heavy (non-hydrogen) atoms. The van der Waals surface area contributed by atoms with Crippen LogP contribution in [0.3, 0.4) is 0 Å². The van der Waals surface area contributed by atoms with Gasteiger partial charge in [0.15, 0.2) is 0 Å². The monoisotopic (exact) mass is 231 g/mol. The Balaban J connectivity index is 2.45. The minimum Gasteiger partial charge on any atom is -0.481 e. The van der Waals surface area contributed by atoms with Gasteiger partial charge < -0.3 is 10.5 Å². The van der Waals surface area contributed by atoms with Gasteiger partial charge in [0.1, 0.15) is 0 Å². The molecule has 1 aromatic heterocycles. The summed E-state index contributed by atoms with van der Waals surface area (Å²) >= 11 is 0. The van der Waals surface area contributed by atoms with E-state index in [1.807, 2.05) is 18.3 Å². The molecule has 0 aliphatic rings. The molecule has 0 saturated carbocycles. The Morgan fingerprint density at radius 3 is 2.88 bits per heavy atom. The van der Waals surface area contributed by atoms with Gasteiger partial charge >= 0.3 is 0 Å². The molecule has 0 atom stereocenters. The van der Waals surface area contributed by atoms with Crippen molar-refractivity contribution in [3.05, 3.63) is 41.6 Å². The molecular weight excluding hydrogens is 214 g/mol. The Kier molecular flexibility index (Phi) is 3.44. The van der Waals surface area contributed by atoms with Gasteiger partial charge in [-0.2, -0.15) is 5.10 Å². The van der Waals surface area contributed by atoms with Crippen molar-refractivity contribution in [2.24, 2.45) is 5.73 Å². The lowest BCUT2D eigenvalue weighted by Crippen LogP contribution is -2.05. The van der Waals surface area contributed by atoms with Crippen LogP contribution >= 0.6 is 0 Å². The first-order valence-corrected chi connectivity index (χ1v) is 5.64. The standard InChI is InChI=1S/C13H17N3O/c1-10-4-3-5-12(8-10)16-13(17-2)11(6-7-14)9-15-16/h3-5,8-9H,6-7,14H2,1-2H3. The third-order valence-corrected chi connectivity index (χ3v) is 2.65. The van der Waals surface area contributed by atoms with Crippen LogP contribution in [-0.4, -0.2) is 23.4 Å². The molecule has 0 aliphatic heterocycles. The first-order valence-electron chi connectivity index (χ1n) is 5.64. The minimum atomic E-state index is 0.593. The van der Waals surface area contributed by atoms with Gasteiger partial charge in [0.2, 0.25) is 5.88 Å². The molecule has 0 radical (unpaired) electrons. The number of aryl methyl sites for hydroxylation is 1. The zero-order chi connectivity index (χ0) is 12.3. The maximum atomic E-state index is 5.56. The van der Waals surface area contributed by atoms with Gasteiger partial charge in [-0.05, 0) is 37.6 Å². The molecule has 1 aromatic carbocycles. The van der Waals surface area contributed by atoms with Crippen molar-refractivity contribution in [3.8, 4) is 11.6 Å². The summed E-state index contributed by atoms with van der Waals surface area (Å²) < 4.78 is 7.21. The van der Waals surface area contributed by atoms with Crippen LogP contribution in [0.15, 0.2) is 30.5 Å². The van der Waals surface area contributed by atoms with E-state index in [1.165, 1.54) is 5.56 Å². The van der Waals surface area contributed by atoms with E-state index < -0.39 is 0 Å². The summed E-state index contributed by atoms with van der Waals surface area (Å²) in [5.41, 5.74) is 8.80. The van der Waals surface area contributed by atoms with Crippen molar-refractivity contribution in [2.45, 2.75) is 13.3 Å². The van der Waals surface area contributed by atoms with E-state index in [1.54, 1.807) is 11.8 Å². The van der Waals surface area contributed by atoms with Gasteiger partial charge in [0.05, 0.1) is 19.0 Å². The Labute approximate surface area is 101 Å². The molecule has 0 bridgehead atoms. The van der Waals surface area contributed by atoms with Crippen LogP contribution in [-0.2, 0) is 6.42 Å². The lowest BCUT2D eigenvalue weighted by atomic mass is 10.2. The Hall–Kier alpha value is -1.81. The topological polar surface area (TPSA) is 53.1 Å². The summed E-state index contributed by atoms with van der Waals surface area (Å²) in [6.07, 6.45) is 2.59. The van der Waals surface area contributed by atoms with E-state index in [2.05, 4.69) is 24.2 Å². The number of aromatic nitrogens is 2. The minimum absolute atomic E-state index is 0.593. The number of hydrogen-bond acceptors (Lipinski definition) is 3. The number of benzene rings is 1. The van der Waals surface area contributed by atoms with Crippen molar-refractivity contribution in [1.29, 1.82) is 0 Å². The fraction of sp³-hybridized carbons (Fsp3) is 0.308. The molecule has 0 fully saturated rings. The first-order chi connectivity index (χ1) is 8.26. The summed E-state index contributed by atoms with van der Waals surface area (Å²) in [5, 5.41) is 4.35. The molecule has 0 amide bonds. The van der Waals surface area contributed by atoms with E-state index >= 15 is 0 Å². The largest absolute Gasteiger partial charge is 0.481 e. The average molecular weight is 231 g/mol. The van der Waals surface area contributed by atoms with Crippen LogP contribution in [0.25, 0.3) is 5.69 Å². The molecule has 2 aromatic rings. The molecule has 2 N–H and O–H groups in total. The van der Waals surface area contributed by atoms with Crippen LogP contribution in [0, 0.1) is 6.92 Å². The summed E-state index contributed by atoms with van der Waals surface area (Å²) in [4.78, 5) is 0. The summed E-state index contributed by atoms with van der Waals surface area (Å²) in [6, 6.07) is 8.14. The maximum Gasteiger partial charge on any atom is 0.219 e. The molecule has 2 rings (SSSR count). The van der Waals surface area contributed by atoms with Crippen LogP contribution < -0.4 is 10.5 Å². The molecule has 0 spiro atoms. The predicted molar refractivity (Wildman–Crippen MR) is 67.6 cm³/mol. The molecular formula is C13H17N3O. The highest BCUT2D eigenvalue weighted by Crippen LogP contribution is 2.22. The highest BCUT2D eigenvalue weighted by molar-refractivity contribution is 5.40.